The highest BCUT2D eigenvalue weighted by molar-refractivity contribution is 5.94. The van der Waals surface area contributed by atoms with Crippen molar-refractivity contribution in [3.8, 4) is 17.5 Å². The fourth-order valence-corrected chi connectivity index (χ4v) is 3.12. The van der Waals surface area contributed by atoms with Crippen LogP contribution in [0.25, 0.3) is 5.69 Å². The van der Waals surface area contributed by atoms with Gasteiger partial charge in [-0.3, -0.25) is 9.59 Å². The largest absolute Gasteiger partial charge is 0.487 e. The van der Waals surface area contributed by atoms with E-state index in [1.165, 1.54) is 4.68 Å². The van der Waals surface area contributed by atoms with Crippen LogP contribution in [-0.2, 0) is 6.61 Å². The summed E-state index contributed by atoms with van der Waals surface area (Å²) in [6.07, 6.45) is 1.90. The Balaban J connectivity index is 1.62. The third-order valence-corrected chi connectivity index (χ3v) is 4.94. The van der Waals surface area contributed by atoms with Gasteiger partial charge < -0.3 is 15.4 Å². The molecule has 32 heavy (non-hydrogen) atoms. The van der Waals surface area contributed by atoms with Crippen LogP contribution in [0.2, 0.25) is 0 Å². The summed E-state index contributed by atoms with van der Waals surface area (Å²) in [6.45, 7) is 2.42. The maximum absolute atomic E-state index is 12.7. The van der Waals surface area contributed by atoms with Crippen LogP contribution in [0.15, 0.2) is 48.5 Å². The molecule has 0 unspecified atom stereocenters. The molecule has 0 aliphatic heterocycles. The third-order valence-electron chi connectivity index (χ3n) is 4.94. The van der Waals surface area contributed by atoms with Crippen molar-refractivity contribution in [3.63, 3.8) is 0 Å². The van der Waals surface area contributed by atoms with Crippen LogP contribution in [0.3, 0.4) is 0 Å². The Morgan fingerprint density at radius 2 is 1.97 bits per heavy atom. The first kappa shape index (κ1) is 21.1. The van der Waals surface area contributed by atoms with Crippen LogP contribution in [0.1, 0.15) is 51.9 Å². The number of nitrogens with zero attached hydrogens (tertiary/aromatic N) is 4. The summed E-state index contributed by atoms with van der Waals surface area (Å²) in [5, 5.41) is 23.0. The summed E-state index contributed by atoms with van der Waals surface area (Å²) in [7, 11) is 0. The van der Waals surface area contributed by atoms with Gasteiger partial charge in [-0.15, -0.1) is 5.10 Å². The highest BCUT2D eigenvalue weighted by Gasteiger charge is 2.28. The van der Waals surface area contributed by atoms with Crippen LogP contribution in [-0.4, -0.2) is 39.4 Å². The molecule has 4 rings (SSSR count). The lowest BCUT2D eigenvalue weighted by atomic mass is 10.2. The minimum Gasteiger partial charge on any atom is -0.487 e. The number of carbonyl (C=O) groups excluding carboxylic acids is 2. The van der Waals surface area contributed by atoms with Crippen molar-refractivity contribution >= 4 is 11.8 Å². The molecule has 9 nitrogen and oxygen atoms in total. The van der Waals surface area contributed by atoms with Crippen LogP contribution < -0.4 is 15.4 Å². The molecule has 9 heteroatoms. The van der Waals surface area contributed by atoms with Gasteiger partial charge >= 0.3 is 0 Å². The average Bonchev–Trinajstić information content (AvgIpc) is 3.53. The SMILES string of the molecule is CCNC(=O)c1ccc(-n2nnc(C(=O)NC3CC3)c2COc2cccc(C#N)c2)cc1. The second-order valence-electron chi connectivity index (χ2n) is 7.38. The van der Waals surface area contributed by atoms with Gasteiger partial charge in [0.25, 0.3) is 11.8 Å². The van der Waals surface area contributed by atoms with Gasteiger partial charge in [-0.05, 0) is 62.2 Å². The molecule has 0 saturated heterocycles. The number of nitriles is 1. The second-order valence-corrected chi connectivity index (χ2v) is 7.38. The summed E-state index contributed by atoms with van der Waals surface area (Å²) >= 11 is 0. The van der Waals surface area contributed by atoms with Crippen LogP contribution >= 0.6 is 0 Å². The Kier molecular flexibility index (Phi) is 6.12. The first-order valence-corrected chi connectivity index (χ1v) is 10.4. The molecule has 1 heterocycles. The minimum atomic E-state index is -0.304. The lowest BCUT2D eigenvalue weighted by Gasteiger charge is -2.11. The molecular weight excluding hydrogens is 408 g/mol. The summed E-state index contributed by atoms with van der Waals surface area (Å²) in [6, 6.07) is 15.9. The topological polar surface area (TPSA) is 122 Å². The van der Waals surface area contributed by atoms with Crippen molar-refractivity contribution in [2.75, 3.05) is 6.54 Å². The molecule has 0 bridgehead atoms. The smallest absolute Gasteiger partial charge is 0.274 e. The Hall–Kier alpha value is -4.19. The summed E-state index contributed by atoms with van der Waals surface area (Å²) < 4.78 is 7.39. The first-order valence-electron chi connectivity index (χ1n) is 10.4. The van der Waals surface area contributed by atoms with E-state index in [-0.39, 0.29) is 30.2 Å². The van der Waals surface area contributed by atoms with Crippen molar-refractivity contribution in [1.29, 1.82) is 5.26 Å². The van der Waals surface area contributed by atoms with Gasteiger partial charge in [-0.25, -0.2) is 4.68 Å². The highest BCUT2D eigenvalue weighted by atomic mass is 16.5. The van der Waals surface area contributed by atoms with E-state index in [0.717, 1.165) is 12.8 Å². The van der Waals surface area contributed by atoms with E-state index in [1.807, 2.05) is 6.92 Å². The molecule has 3 aromatic rings. The molecule has 2 N–H and O–H groups in total. The van der Waals surface area contributed by atoms with E-state index in [0.29, 0.717) is 34.8 Å². The average molecular weight is 430 g/mol. The zero-order chi connectivity index (χ0) is 22.5. The quantitative estimate of drug-likeness (QED) is 0.566. The molecular formula is C23H22N6O3. The predicted octanol–water partition coefficient (Wildman–Crippen LogP) is 2.36. The van der Waals surface area contributed by atoms with E-state index in [2.05, 4.69) is 27.0 Å². The van der Waals surface area contributed by atoms with E-state index >= 15 is 0 Å². The Morgan fingerprint density at radius 3 is 2.66 bits per heavy atom. The predicted molar refractivity (Wildman–Crippen MR) is 115 cm³/mol. The monoisotopic (exact) mass is 430 g/mol. The molecule has 1 aliphatic rings. The molecule has 0 spiro atoms. The van der Waals surface area contributed by atoms with E-state index in [4.69, 9.17) is 10.00 Å². The van der Waals surface area contributed by atoms with E-state index < -0.39 is 0 Å². The molecule has 1 saturated carbocycles. The van der Waals surface area contributed by atoms with E-state index in [9.17, 15) is 9.59 Å². The van der Waals surface area contributed by atoms with Crippen molar-refractivity contribution in [2.24, 2.45) is 0 Å². The number of rotatable bonds is 8. The van der Waals surface area contributed by atoms with Crippen LogP contribution in [0, 0.1) is 11.3 Å². The first-order chi connectivity index (χ1) is 15.6. The van der Waals surface area contributed by atoms with Crippen molar-refractivity contribution in [3.05, 3.63) is 71.0 Å². The second kappa shape index (κ2) is 9.31. The molecule has 1 fully saturated rings. The fourth-order valence-electron chi connectivity index (χ4n) is 3.12. The molecule has 1 aliphatic carbocycles. The van der Waals surface area contributed by atoms with Crippen LogP contribution in [0.5, 0.6) is 5.75 Å². The normalized spacial score (nSPS) is 12.6. The van der Waals surface area contributed by atoms with Crippen molar-refractivity contribution < 1.29 is 14.3 Å². The number of hydrogen-bond donors (Lipinski definition) is 2. The van der Waals surface area contributed by atoms with Crippen molar-refractivity contribution in [1.82, 2.24) is 25.6 Å². The van der Waals surface area contributed by atoms with Gasteiger partial charge in [0, 0.05) is 18.2 Å². The molecule has 0 radical (unpaired) electrons. The van der Waals surface area contributed by atoms with Crippen molar-refractivity contribution in [2.45, 2.75) is 32.4 Å². The number of nitrogens with one attached hydrogen (secondary N) is 2. The standard InChI is InChI=1S/C23H22N6O3/c1-2-25-22(30)16-6-10-18(11-7-16)29-20(14-32-19-5-3-4-15(12-19)13-24)21(27-28-29)23(31)26-17-8-9-17/h3-7,10-12,17H,2,8-9,14H2,1H3,(H,25,30)(H,26,31). The summed E-state index contributed by atoms with van der Waals surface area (Å²) in [4.78, 5) is 24.7. The number of carbonyl (C=O) groups is 2. The van der Waals surface area contributed by atoms with Gasteiger partial charge in [-0.2, -0.15) is 5.26 Å². The number of ether oxygens (including phenoxy) is 1. The summed E-state index contributed by atoms with van der Waals surface area (Å²) in [5.74, 6) is 0.0297. The number of hydrogen-bond acceptors (Lipinski definition) is 6. The van der Waals surface area contributed by atoms with E-state index in [1.54, 1.807) is 48.5 Å². The van der Waals surface area contributed by atoms with Gasteiger partial charge in [0.1, 0.15) is 18.1 Å². The fraction of sp³-hybridized carbons (Fsp3) is 0.261. The van der Waals surface area contributed by atoms with Crippen LogP contribution in [0.4, 0.5) is 0 Å². The maximum Gasteiger partial charge on any atom is 0.274 e. The number of aromatic nitrogens is 3. The van der Waals surface area contributed by atoms with Gasteiger partial charge in [-0.1, -0.05) is 11.3 Å². The molecule has 0 atom stereocenters. The molecule has 1 aromatic heterocycles. The Bertz CT molecular complexity index is 1180. The third kappa shape index (κ3) is 4.75. The van der Waals surface area contributed by atoms with Gasteiger partial charge in [0.2, 0.25) is 0 Å². The Morgan fingerprint density at radius 1 is 1.19 bits per heavy atom. The number of benzene rings is 2. The van der Waals surface area contributed by atoms with Gasteiger partial charge in [0.05, 0.1) is 17.3 Å². The molecule has 2 amide bonds. The summed E-state index contributed by atoms with van der Waals surface area (Å²) in [5.41, 5.74) is 2.29. The zero-order valence-corrected chi connectivity index (χ0v) is 17.5. The molecule has 2 aromatic carbocycles. The zero-order valence-electron chi connectivity index (χ0n) is 17.5. The lowest BCUT2D eigenvalue weighted by Crippen LogP contribution is -2.27. The number of amides is 2. The highest BCUT2D eigenvalue weighted by Crippen LogP contribution is 2.22. The lowest BCUT2D eigenvalue weighted by molar-refractivity contribution is 0.0939. The van der Waals surface area contributed by atoms with Gasteiger partial charge in [0.15, 0.2) is 5.69 Å². The maximum atomic E-state index is 12.7. The molecule has 162 valence electrons. The minimum absolute atomic E-state index is 0.0212. The Labute approximate surface area is 185 Å².